The van der Waals surface area contributed by atoms with Gasteiger partial charge in [-0.2, -0.15) is 0 Å². The smallest absolute Gasteiger partial charge is 0.0682 e. The fourth-order valence-electron chi connectivity index (χ4n) is 1.46. The molecule has 1 N–H and O–H groups in total. The quantitative estimate of drug-likeness (QED) is 0.638. The Morgan fingerprint density at radius 2 is 2.08 bits per heavy atom. The highest BCUT2D eigenvalue weighted by Gasteiger charge is 2.51. The van der Waals surface area contributed by atoms with Crippen LogP contribution in [0.25, 0.3) is 0 Å². The summed E-state index contributed by atoms with van der Waals surface area (Å²) in [4.78, 5) is 0. The third kappa shape index (κ3) is 1.81. The van der Waals surface area contributed by atoms with Gasteiger partial charge in [-0.25, -0.2) is 0 Å². The molecule has 1 heteroatoms. The van der Waals surface area contributed by atoms with Crippen LogP contribution in [0.2, 0.25) is 0 Å². The summed E-state index contributed by atoms with van der Waals surface area (Å²) in [5, 5.41) is 10.1. The van der Waals surface area contributed by atoms with Crippen molar-refractivity contribution in [3.63, 3.8) is 0 Å². The summed E-state index contributed by atoms with van der Waals surface area (Å²) in [5.41, 5.74) is -0.320. The number of aliphatic hydroxyl groups is 1. The van der Waals surface area contributed by atoms with E-state index in [1.807, 2.05) is 13.8 Å². The van der Waals surface area contributed by atoms with Crippen molar-refractivity contribution < 1.29 is 5.11 Å². The minimum Gasteiger partial charge on any atom is -0.390 e. The third-order valence-corrected chi connectivity index (χ3v) is 3.21. The first-order chi connectivity index (χ1) is 5.52. The van der Waals surface area contributed by atoms with E-state index in [2.05, 4.69) is 18.8 Å². The van der Waals surface area contributed by atoms with Crippen molar-refractivity contribution in [3.8, 4) is 11.8 Å². The molecule has 1 fully saturated rings. The summed E-state index contributed by atoms with van der Waals surface area (Å²) < 4.78 is 0. The van der Waals surface area contributed by atoms with Gasteiger partial charge in [0, 0.05) is 6.42 Å². The van der Waals surface area contributed by atoms with Gasteiger partial charge in [0.15, 0.2) is 0 Å². The Morgan fingerprint density at radius 3 is 2.50 bits per heavy atom. The van der Waals surface area contributed by atoms with Crippen molar-refractivity contribution in [2.75, 3.05) is 0 Å². The lowest BCUT2D eigenvalue weighted by molar-refractivity contribution is -0.0138. The van der Waals surface area contributed by atoms with Crippen LogP contribution >= 0.6 is 0 Å². The molecule has 1 unspecified atom stereocenters. The molecule has 0 radical (unpaired) electrons. The van der Waals surface area contributed by atoms with Crippen LogP contribution in [-0.2, 0) is 0 Å². The molecular formula is C11H18O. The van der Waals surface area contributed by atoms with Gasteiger partial charge in [0.2, 0.25) is 0 Å². The Kier molecular flexibility index (Phi) is 2.49. The topological polar surface area (TPSA) is 20.2 Å². The molecule has 1 aliphatic rings. The Morgan fingerprint density at radius 1 is 1.50 bits per heavy atom. The molecule has 1 nitrogen and oxygen atoms in total. The average molecular weight is 166 g/mol. The summed E-state index contributed by atoms with van der Waals surface area (Å²) in [6.45, 7) is 5.94. The maximum absolute atomic E-state index is 10.1. The second-order valence-corrected chi connectivity index (χ2v) is 4.26. The Balaban J connectivity index is 2.41. The fourth-order valence-corrected chi connectivity index (χ4v) is 1.46. The normalized spacial score (nSPS) is 23.7. The monoisotopic (exact) mass is 166 g/mol. The molecule has 0 bridgehead atoms. The molecule has 1 saturated carbocycles. The SMILES string of the molecule is CC#CCCC(C)(O)C1(C)CC1. The van der Waals surface area contributed by atoms with Gasteiger partial charge >= 0.3 is 0 Å². The Bertz CT molecular complexity index is 213. The lowest BCUT2D eigenvalue weighted by atomic mass is 9.84. The highest BCUT2D eigenvalue weighted by molar-refractivity contribution is 5.05. The van der Waals surface area contributed by atoms with Gasteiger partial charge in [-0.15, -0.1) is 11.8 Å². The van der Waals surface area contributed by atoms with Crippen molar-refractivity contribution in [2.45, 2.75) is 52.1 Å². The molecule has 12 heavy (non-hydrogen) atoms. The van der Waals surface area contributed by atoms with Crippen molar-refractivity contribution in [2.24, 2.45) is 5.41 Å². The highest BCUT2D eigenvalue weighted by atomic mass is 16.3. The standard InChI is InChI=1S/C11H18O/c1-4-5-6-7-11(3,12)10(2)8-9-10/h12H,6-9H2,1-3H3. The van der Waals surface area contributed by atoms with E-state index >= 15 is 0 Å². The highest BCUT2D eigenvalue weighted by Crippen LogP contribution is 2.54. The van der Waals surface area contributed by atoms with Crippen LogP contribution < -0.4 is 0 Å². The van der Waals surface area contributed by atoms with Crippen molar-refractivity contribution in [1.29, 1.82) is 0 Å². The van der Waals surface area contributed by atoms with Crippen molar-refractivity contribution in [3.05, 3.63) is 0 Å². The van der Waals surface area contributed by atoms with Crippen LogP contribution in [0.3, 0.4) is 0 Å². The van der Waals surface area contributed by atoms with Gasteiger partial charge in [-0.3, -0.25) is 0 Å². The fraction of sp³-hybridized carbons (Fsp3) is 0.818. The molecule has 0 aromatic rings. The largest absolute Gasteiger partial charge is 0.390 e. The minimum absolute atomic E-state index is 0.183. The summed E-state index contributed by atoms with van der Waals surface area (Å²) in [5.74, 6) is 5.85. The van der Waals surface area contributed by atoms with Crippen LogP contribution in [0.15, 0.2) is 0 Å². The molecule has 0 aliphatic heterocycles. The van der Waals surface area contributed by atoms with Gasteiger partial charge in [0.1, 0.15) is 0 Å². The summed E-state index contributed by atoms with van der Waals surface area (Å²) in [7, 11) is 0. The van der Waals surface area contributed by atoms with E-state index < -0.39 is 5.60 Å². The molecule has 1 aliphatic carbocycles. The van der Waals surface area contributed by atoms with E-state index in [4.69, 9.17) is 0 Å². The van der Waals surface area contributed by atoms with Crippen LogP contribution in [0, 0.1) is 17.3 Å². The molecule has 0 amide bonds. The lowest BCUT2D eigenvalue weighted by Gasteiger charge is -2.29. The molecule has 0 spiro atoms. The Hall–Kier alpha value is -0.480. The average Bonchev–Trinajstić information content (AvgIpc) is 2.70. The Labute approximate surface area is 75.2 Å². The first-order valence-corrected chi connectivity index (χ1v) is 4.64. The maximum atomic E-state index is 10.1. The first-order valence-electron chi connectivity index (χ1n) is 4.64. The predicted molar refractivity (Wildman–Crippen MR) is 50.6 cm³/mol. The second kappa shape index (κ2) is 3.11. The molecule has 68 valence electrons. The van der Waals surface area contributed by atoms with Gasteiger partial charge in [0.25, 0.3) is 0 Å². The van der Waals surface area contributed by atoms with Gasteiger partial charge in [0.05, 0.1) is 5.60 Å². The molecule has 0 heterocycles. The van der Waals surface area contributed by atoms with Crippen LogP contribution in [0.1, 0.15) is 46.5 Å². The van der Waals surface area contributed by atoms with E-state index in [1.54, 1.807) is 0 Å². The molecule has 0 aromatic carbocycles. The lowest BCUT2D eigenvalue weighted by Crippen LogP contribution is -2.34. The third-order valence-electron chi connectivity index (χ3n) is 3.21. The molecule has 0 saturated heterocycles. The van der Waals surface area contributed by atoms with E-state index in [1.165, 1.54) is 12.8 Å². The van der Waals surface area contributed by atoms with E-state index in [9.17, 15) is 5.11 Å². The first kappa shape index (κ1) is 9.61. The van der Waals surface area contributed by atoms with Crippen molar-refractivity contribution >= 4 is 0 Å². The van der Waals surface area contributed by atoms with E-state index in [0.29, 0.717) is 0 Å². The zero-order valence-electron chi connectivity index (χ0n) is 8.28. The maximum Gasteiger partial charge on any atom is 0.0682 e. The predicted octanol–water partition coefficient (Wildman–Crippen LogP) is 2.34. The summed E-state index contributed by atoms with van der Waals surface area (Å²) in [6.07, 6.45) is 3.96. The van der Waals surface area contributed by atoms with Crippen LogP contribution in [0.4, 0.5) is 0 Å². The van der Waals surface area contributed by atoms with Gasteiger partial charge < -0.3 is 5.11 Å². The molecule has 1 rings (SSSR count). The second-order valence-electron chi connectivity index (χ2n) is 4.26. The number of hydrogen-bond acceptors (Lipinski definition) is 1. The number of hydrogen-bond donors (Lipinski definition) is 1. The van der Waals surface area contributed by atoms with E-state index in [-0.39, 0.29) is 5.41 Å². The van der Waals surface area contributed by atoms with Crippen LogP contribution in [0.5, 0.6) is 0 Å². The summed E-state index contributed by atoms with van der Waals surface area (Å²) >= 11 is 0. The van der Waals surface area contributed by atoms with Gasteiger partial charge in [-0.05, 0) is 38.5 Å². The van der Waals surface area contributed by atoms with Crippen LogP contribution in [-0.4, -0.2) is 10.7 Å². The minimum atomic E-state index is -0.503. The van der Waals surface area contributed by atoms with Crippen molar-refractivity contribution in [1.82, 2.24) is 0 Å². The molecule has 1 atom stereocenters. The number of rotatable bonds is 3. The zero-order valence-corrected chi connectivity index (χ0v) is 8.28. The molecule has 0 aromatic heterocycles. The molecular weight excluding hydrogens is 148 g/mol. The van der Waals surface area contributed by atoms with Gasteiger partial charge in [-0.1, -0.05) is 6.92 Å². The summed E-state index contributed by atoms with van der Waals surface area (Å²) in [6, 6.07) is 0. The zero-order chi connectivity index (χ0) is 9.24. The van der Waals surface area contributed by atoms with E-state index in [0.717, 1.165) is 12.8 Å².